The van der Waals surface area contributed by atoms with Crippen LogP contribution >= 0.6 is 46.4 Å². The fraction of sp³-hybridized carbons (Fsp3) is 0. The summed E-state index contributed by atoms with van der Waals surface area (Å²) in [7, 11) is 0. The van der Waals surface area contributed by atoms with Crippen molar-refractivity contribution in [2.24, 2.45) is 0 Å². The molecule has 0 atom stereocenters. The zero-order valence-electron chi connectivity index (χ0n) is 9.78. The summed E-state index contributed by atoms with van der Waals surface area (Å²) in [5.74, 6) is -0.0289. The Morgan fingerprint density at radius 2 is 1.35 bits per heavy atom. The maximum absolute atomic E-state index is 10.2. The van der Waals surface area contributed by atoms with Crippen molar-refractivity contribution in [3.63, 3.8) is 0 Å². The minimum absolute atomic E-state index is 0.129. The molecule has 0 fully saturated rings. The van der Waals surface area contributed by atoms with Gasteiger partial charge in [-0.15, -0.1) is 0 Å². The quantitative estimate of drug-likeness (QED) is 0.692. The van der Waals surface area contributed by atoms with Crippen LogP contribution in [0, 0.1) is 0 Å². The molecule has 2 aromatic carbocycles. The second-order valence-corrected chi connectivity index (χ2v) is 5.17. The second-order valence-electron chi connectivity index (χ2n) is 3.54. The van der Waals surface area contributed by atoms with Crippen LogP contribution < -0.4 is 0 Å². The highest BCUT2D eigenvalue weighted by molar-refractivity contribution is 6.42. The smallest absolute Gasteiger partial charge is 0.153 e. The summed E-state index contributed by atoms with van der Waals surface area (Å²) in [5, 5.41) is 19.1. The number of rotatable bonds is 1. The van der Waals surface area contributed by atoms with Crippen LogP contribution in [0.25, 0.3) is 0 Å². The lowest BCUT2D eigenvalue weighted by Crippen LogP contribution is -1.81. The molecule has 7 heteroatoms. The molecule has 0 spiro atoms. The number of hydrogen-bond donors (Lipinski definition) is 2. The molecule has 3 nitrogen and oxygen atoms in total. The highest BCUT2D eigenvalue weighted by Crippen LogP contribution is 2.28. The topological polar surface area (TPSA) is 57.5 Å². The Bertz CT molecular complexity index is 629. The molecule has 20 heavy (non-hydrogen) atoms. The van der Waals surface area contributed by atoms with Crippen LogP contribution in [0.2, 0.25) is 20.1 Å². The third-order valence-corrected chi connectivity index (χ3v) is 3.56. The van der Waals surface area contributed by atoms with E-state index >= 15 is 0 Å². The highest BCUT2D eigenvalue weighted by Gasteiger charge is 2.04. The number of halogens is 4. The van der Waals surface area contributed by atoms with Gasteiger partial charge in [-0.25, -0.2) is 0 Å². The molecule has 0 amide bonds. The molecule has 2 aromatic rings. The van der Waals surface area contributed by atoms with Gasteiger partial charge in [0.2, 0.25) is 0 Å². The van der Waals surface area contributed by atoms with Crippen molar-refractivity contribution in [2.75, 3.05) is 0 Å². The van der Waals surface area contributed by atoms with Crippen molar-refractivity contribution in [1.82, 2.24) is 0 Å². The van der Waals surface area contributed by atoms with Gasteiger partial charge < -0.3 is 10.2 Å². The molecule has 2 N–H and O–H groups in total. The number of benzene rings is 2. The molecule has 0 saturated heterocycles. The molecule has 0 heterocycles. The Hall–Kier alpha value is -1.13. The fourth-order valence-electron chi connectivity index (χ4n) is 1.13. The van der Waals surface area contributed by atoms with Crippen LogP contribution in [-0.2, 0) is 0 Å². The van der Waals surface area contributed by atoms with Crippen LogP contribution in [0.1, 0.15) is 10.4 Å². The predicted octanol–water partition coefficient (Wildman–Crippen LogP) is 5.21. The van der Waals surface area contributed by atoms with Crippen molar-refractivity contribution in [3.8, 4) is 11.5 Å². The van der Waals surface area contributed by atoms with Gasteiger partial charge >= 0.3 is 0 Å². The van der Waals surface area contributed by atoms with Gasteiger partial charge in [-0.2, -0.15) is 0 Å². The van der Waals surface area contributed by atoms with Crippen LogP contribution in [0.15, 0.2) is 30.3 Å². The van der Waals surface area contributed by atoms with Gasteiger partial charge in [-0.05, 0) is 24.3 Å². The number of aldehydes is 1. The molecule has 0 aliphatic carbocycles. The summed E-state index contributed by atoms with van der Waals surface area (Å²) in [6, 6.07) is 6.96. The van der Waals surface area contributed by atoms with Gasteiger partial charge in [0.15, 0.2) is 6.29 Å². The Morgan fingerprint density at radius 1 is 0.800 bits per heavy atom. The summed E-state index contributed by atoms with van der Waals surface area (Å²) in [5.41, 5.74) is 0.138. The normalized spacial score (nSPS) is 9.60. The maximum Gasteiger partial charge on any atom is 0.153 e. The van der Waals surface area contributed by atoms with Gasteiger partial charge in [0.05, 0.1) is 25.7 Å². The molecule has 0 radical (unpaired) electrons. The first kappa shape index (κ1) is 16.9. The van der Waals surface area contributed by atoms with Crippen LogP contribution in [0.5, 0.6) is 11.5 Å². The molecule has 0 aromatic heterocycles. The molecule has 2 rings (SSSR count). The fourth-order valence-corrected chi connectivity index (χ4v) is 1.75. The Labute approximate surface area is 135 Å². The average molecular weight is 354 g/mol. The Morgan fingerprint density at radius 3 is 1.85 bits per heavy atom. The van der Waals surface area contributed by atoms with E-state index in [4.69, 9.17) is 56.6 Å². The van der Waals surface area contributed by atoms with E-state index < -0.39 is 0 Å². The first-order chi connectivity index (χ1) is 9.35. The standard InChI is InChI=1S/C7H4Cl2O2.C6H4Cl2O/c8-5-1-4(3-10)7(11)2-6(5)9;7-5-2-1-4(9)3-6(5)8/h1-3,11H;1-3,9H. The molecule has 0 aliphatic rings. The van der Waals surface area contributed by atoms with E-state index in [1.54, 1.807) is 6.07 Å². The van der Waals surface area contributed by atoms with E-state index in [1.807, 2.05) is 0 Å². The number of phenolic OH excluding ortho intramolecular Hbond substituents is 2. The number of carbonyl (C=O) groups is 1. The van der Waals surface area contributed by atoms with Crippen LogP contribution in [-0.4, -0.2) is 16.5 Å². The van der Waals surface area contributed by atoms with E-state index in [-0.39, 0.29) is 27.1 Å². The molecule has 0 bridgehead atoms. The van der Waals surface area contributed by atoms with Gasteiger partial charge in [0.25, 0.3) is 0 Å². The number of aromatic hydroxyl groups is 2. The van der Waals surface area contributed by atoms with Crippen molar-refractivity contribution >= 4 is 52.7 Å². The SMILES string of the molecule is O=Cc1cc(Cl)c(Cl)cc1O.Oc1ccc(Cl)c(Cl)c1. The van der Waals surface area contributed by atoms with E-state index in [9.17, 15) is 4.79 Å². The minimum atomic E-state index is -0.158. The second kappa shape index (κ2) is 7.60. The third kappa shape index (κ3) is 4.76. The summed E-state index contributed by atoms with van der Waals surface area (Å²) < 4.78 is 0. The lowest BCUT2D eigenvalue weighted by Gasteiger charge is -1.98. The lowest BCUT2D eigenvalue weighted by atomic mass is 10.2. The van der Waals surface area contributed by atoms with Crippen molar-refractivity contribution in [3.05, 3.63) is 56.0 Å². The molecular weight excluding hydrogens is 346 g/mol. The molecule has 0 unspecified atom stereocenters. The Kier molecular flexibility index (Phi) is 6.43. The van der Waals surface area contributed by atoms with Gasteiger partial charge in [-0.1, -0.05) is 46.4 Å². The predicted molar refractivity (Wildman–Crippen MR) is 81.6 cm³/mol. The zero-order chi connectivity index (χ0) is 15.3. The van der Waals surface area contributed by atoms with Crippen LogP contribution in [0.3, 0.4) is 0 Å². The third-order valence-electron chi connectivity index (χ3n) is 2.10. The van der Waals surface area contributed by atoms with E-state index in [0.717, 1.165) is 0 Å². The van der Waals surface area contributed by atoms with Gasteiger partial charge in [-0.3, -0.25) is 4.79 Å². The summed E-state index contributed by atoms with van der Waals surface area (Å²) in [6.07, 6.45) is 0.511. The first-order valence-electron chi connectivity index (χ1n) is 5.12. The van der Waals surface area contributed by atoms with Crippen molar-refractivity contribution < 1.29 is 15.0 Å². The lowest BCUT2D eigenvalue weighted by molar-refractivity contribution is 0.112. The first-order valence-corrected chi connectivity index (χ1v) is 6.63. The maximum atomic E-state index is 10.2. The Balaban J connectivity index is 0.000000204. The highest BCUT2D eigenvalue weighted by atomic mass is 35.5. The zero-order valence-corrected chi connectivity index (χ0v) is 12.8. The summed E-state index contributed by atoms with van der Waals surface area (Å²) in [6.45, 7) is 0. The van der Waals surface area contributed by atoms with Crippen molar-refractivity contribution in [1.29, 1.82) is 0 Å². The van der Waals surface area contributed by atoms with Gasteiger partial charge in [0, 0.05) is 6.07 Å². The molecule has 0 saturated carbocycles. The number of carbonyl (C=O) groups excluding carboxylic acids is 1. The van der Waals surface area contributed by atoms with Crippen molar-refractivity contribution in [2.45, 2.75) is 0 Å². The van der Waals surface area contributed by atoms with E-state index in [1.165, 1.54) is 24.3 Å². The van der Waals surface area contributed by atoms with E-state index in [2.05, 4.69) is 0 Å². The molecular formula is C13H8Cl4O3. The molecule has 106 valence electrons. The monoisotopic (exact) mass is 352 g/mol. The minimum Gasteiger partial charge on any atom is -0.508 e. The molecule has 0 aliphatic heterocycles. The van der Waals surface area contributed by atoms with E-state index in [0.29, 0.717) is 16.3 Å². The largest absolute Gasteiger partial charge is 0.508 e. The average Bonchev–Trinajstić information content (AvgIpc) is 2.39. The number of phenols is 2. The summed E-state index contributed by atoms with van der Waals surface area (Å²) in [4.78, 5) is 10.2. The van der Waals surface area contributed by atoms with Gasteiger partial charge in [0.1, 0.15) is 11.5 Å². The van der Waals surface area contributed by atoms with Crippen LogP contribution in [0.4, 0.5) is 0 Å². The summed E-state index contributed by atoms with van der Waals surface area (Å²) >= 11 is 22.2. The number of hydrogen-bond acceptors (Lipinski definition) is 3.